The lowest BCUT2D eigenvalue weighted by molar-refractivity contribution is 0.477. The van der Waals surface area contributed by atoms with Crippen LogP contribution in [0.1, 0.15) is 19.8 Å². The molecule has 0 saturated carbocycles. The van der Waals surface area contributed by atoms with Gasteiger partial charge in [0.15, 0.2) is 11.6 Å². The number of para-hydroxylation sites is 1. The van der Waals surface area contributed by atoms with E-state index in [1.807, 2.05) is 6.07 Å². The molecule has 0 aliphatic carbocycles. The second-order valence-corrected chi connectivity index (χ2v) is 6.90. The van der Waals surface area contributed by atoms with Gasteiger partial charge in [0.25, 0.3) is 0 Å². The molecule has 2 aromatic carbocycles. The Morgan fingerprint density at radius 2 is 1.81 bits per heavy atom. The molecular formula is C22H20F2N2O. The molecule has 2 heterocycles. The third kappa shape index (κ3) is 3.25. The molecule has 5 heteroatoms. The van der Waals surface area contributed by atoms with E-state index in [0.29, 0.717) is 28.7 Å². The summed E-state index contributed by atoms with van der Waals surface area (Å²) in [5.41, 5.74) is 1.81. The van der Waals surface area contributed by atoms with Crippen LogP contribution in [0.5, 0.6) is 5.75 Å². The predicted octanol–water partition coefficient (Wildman–Crippen LogP) is 5.39. The summed E-state index contributed by atoms with van der Waals surface area (Å²) in [7, 11) is 0. The zero-order chi connectivity index (χ0) is 19.0. The van der Waals surface area contributed by atoms with E-state index in [1.54, 1.807) is 36.4 Å². The normalized spacial score (nSPS) is 16.7. The van der Waals surface area contributed by atoms with Crippen LogP contribution in [0.25, 0.3) is 22.4 Å². The van der Waals surface area contributed by atoms with E-state index in [4.69, 9.17) is 4.98 Å². The lowest BCUT2D eigenvalue weighted by Gasteiger charge is -2.24. The van der Waals surface area contributed by atoms with Gasteiger partial charge in [-0.15, -0.1) is 0 Å². The number of hydrogen-bond acceptors (Lipinski definition) is 3. The molecule has 1 aliphatic heterocycles. The molecule has 27 heavy (non-hydrogen) atoms. The Balaban J connectivity index is 1.92. The highest BCUT2D eigenvalue weighted by molar-refractivity contribution is 5.76. The van der Waals surface area contributed by atoms with E-state index < -0.39 is 11.6 Å². The molecule has 3 nitrogen and oxygen atoms in total. The maximum absolute atomic E-state index is 14.4. The second kappa shape index (κ2) is 6.99. The Bertz CT molecular complexity index is 990. The van der Waals surface area contributed by atoms with Crippen LogP contribution in [-0.4, -0.2) is 22.7 Å². The number of aromatic nitrogens is 1. The van der Waals surface area contributed by atoms with Gasteiger partial charge in [-0.2, -0.15) is 0 Å². The summed E-state index contributed by atoms with van der Waals surface area (Å²) < 4.78 is 28.2. The van der Waals surface area contributed by atoms with Gasteiger partial charge in [-0.1, -0.05) is 24.3 Å². The zero-order valence-electron chi connectivity index (χ0n) is 15.0. The molecule has 138 valence electrons. The van der Waals surface area contributed by atoms with Gasteiger partial charge in [-0.3, -0.25) is 0 Å². The number of phenols is 1. The van der Waals surface area contributed by atoms with E-state index >= 15 is 0 Å². The quantitative estimate of drug-likeness (QED) is 0.675. The van der Waals surface area contributed by atoms with Crippen LogP contribution in [0.4, 0.5) is 14.6 Å². The second-order valence-electron chi connectivity index (χ2n) is 6.90. The number of hydrogen-bond donors (Lipinski definition) is 1. The van der Waals surface area contributed by atoms with Crippen molar-refractivity contribution in [3.63, 3.8) is 0 Å². The molecule has 0 amide bonds. The molecule has 0 bridgehead atoms. The highest BCUT2D eigenvalue weighted by atomic mass is 19.2. The van der Waals surface area contributed by atoms with Crippen molar-refractivity contribution < 1.29 is 13.9 Å². The number of benzene rings is 2. The molecule has 4 rings (SSSR count). The summed E-state index contributed by atoms with van der Waals surface area (Å²) in [6.45, 7) is 2.99. The first-order valence-corrected chi connectivity index (χ1v) is 9.06. The number of anilines is 1. The Morgan fingerprint density at radius 3 is 2.56 bits per heavy atom. The first-order chi connectivity index (χ1) is 13.0. The lowest BCUT2D eigenvalue weighted by Crippen LogP contribution is -2.27. The van der Waals surface area contributed by atoms with Crippen LogP contribution in [0.3, 0.4) is 0 Å². The molecule has 1 saturated heterocycles. The lowest BCUT2D eigenvalue weighted by atomic mass is 10.0. The number of nitrogens with zero attached hydrogens (tertiary/aromatic N) is 2. The summed E-state index contributed by atoms with van der Waals surface area (Å²) in [6.07, 6.45) is 2.12. The van der Waals surface area contributed by atoms with Crippen molar-refractivity contribution in [3.8, 4) is 28.1 Å². The average molecular weight is 366 g/mol. The molecule has 3 aromatic rings. The highest BCUT2D eigenvalue weighted by Gasteiger charge is 2.23. The van der Waals surface area contributed by atoms with Crippen LogP contribution in [-0.2, 0) is 0 Å². The smallest absolute Gasteiger partial charge is 0.166 e. The summed E-state index contributed by atoms with van der Waals surface area (Å²) >= 11 is 0. The largest absolute Gasteiger partial charge is 0.507 e. The third-order valence-electron chi connectivity index (χ3n) is 5.10. The molecule has 1 aromatic heterocycles. The van der Waals surface area contributed by atoms with E-state index in [0.717, 1.165) is 25.5 Å². The first-order valence-electron chi connectivity index (χ1n) is 9.06. The topological polar surface area (TPSA) is 36.4 Å². The molecule has 1 atom stereocenters. The van der Waals surface area contributed by atoms with Crippen molar-refractivity contribution >= 4 is 5.82 Å². The number of phenolic OH excluding ortho intramolecular Hbond substituents is 1. The standard InChI is InChI=1S/C22H20F2N2O/c1-14-6-5-11-26(14)21-13-15(16-8-4-9-18(23)22(16)24)12-19(25-21)17-7-2-3-10-20(17)27/h2-4,7-10,12-14,27H,5-6,11H2,1H3. The molecule has 1 fully saturated rings. The SMILES string of the molecule is CC1CCCN1c1cc(-c2cccc(F)c2F)cc(-c2ccccc2O)n1. The maximum Gasteiger partial charge on any atom is 0.166 e. The van der Waals surface area contributed by atoms with Crippen LogP contribution in [0, 0.1) is 11.6 Å². The minimum Gasteiger partial charge on any atom is -0.507 e. The molecule has 0 radical (unpaired) electrons. The average Bonchev–Trinajstić information content (AvgIpc) is 3.10. The van der Waals surface area contributed by atoms with Gasteiger partial charge in [-0.05, 0) is 55.7 Å². The number of halogens is 2. The molecular weight excluding hydrogens is 346 g/mol. The van der Waals surface area contributed by atoms with Gasteiger partial charge in [0, 0.05) is 23.7 Å². The molecule has 1 aliphatic rings. The van der Waals surface area contributed by atoms with Crippen molar-refractivity contribution in [1.82, 2.24) is 4.98 Å². The van der Waals surface area contributed by atoms with Crippen molar-refractivity contribution in [1.29, 1.82) is 0 Å². The number of pyridine rings is 1. The predicted molar refractivity (Wildman–Crippen MR) is 103 cm³/mol. The fourth-order valence-corrected chi connectivity index (χ4v) is 3.65. The fraction of sp³-hybridized carbons (Fsp3) is 0.227. The monoisotopic (exact) mass is 366 g/mol. The minimum atomic E-state index is -0.885. The first kappa shape index (κ1) is 17.5. The maximum atomic E-state index is 14.4. The van der Waals surface area contributed by atoms with Gasteiger partial charge < -0.3 is 10.0 Å². The van der Waals surface area contributed by atoms with Gasteiger partial charge >= 0.3 is 0 Å². The summed E-state index contributed by atoms with van der Waals surface area (Å²) in [4.78, 5) is 6.90. The molecule has 1 unspecified atom stereocenters. The van der Waals surface area contributed by atoms with Crippen molar-refractivity contribution in [2.75, 3.05) is 11.4 Å². The van der Waals surface area contributed by atoms with E-state index in [-0.39, 0.29) is 11.3 Å². The Labute approximate surface area is 156 Å². The fourth-order valence-electron chi connectivity index (χ4n) is 3.65. The third-order valence-corrected chi connectivity index (χ3v) is 5.10. The van der Waals surface area contributed by atoms with Gasteiger partial charge in [0.2, 0.25) is 0 Å². The van der Waals surface area contributed by atoms with E-state index in [1.165, 1.54) is 6.07 Å². The van der Waals surface area contributed by atoms with Gasteiger partial charge in [0.1, 0.15) is 11.6 Å². The summed E-state index contributed by atoms with van der Waals surface area (Å²) in [5, 5.41) is 10.2. The minimum absolute atomic E-state index is 0.0993. The summed E-state index contributed by atoms with van der Waals surface area (Å²) in [5.74, 6) is -0.960. The van der Waals surface area contributed by atoms with Crippen LogP contribution in [0.15, 0.2) is 54.6 Å². The number of aromatic hydroxyl groups is 1. The van der Waals surface area contributed by atoms with Crippen LogP contribution in [0.2, 0.25) is 0 Å². The van der Waals surface area contributed by atoms with Crippen LogP contribution >= 0.6 is 0 Å². The Morgan fingerprint density at radius 1 is 1.04 bits per heavy atom. The Hall–Kier alpha value is -2.95. The van der Waals surface area contributed by atoms with Gasteiger partial charge in [0.05, 0.1) is 5.69 Å². The van der Waals surface area contributed by atoms with E-state index in [2.05, 4.69) is 11.8 Å². The van der Waals surface area contributed by atoms with Crippen molar-refractivity contribution in [2.45, 2.75) is 25.8 Å². The van der Waals surface area contributed by atoms with Crippen molar-refractivity contribution in [3.05, 3.63) is 66.2 Å². The summed E-state index contributed by atoms with van der Waals surface area (Å²) in [6, 6.07) is 14.9. The van der Waals surface area contributed by atoms with Crippen LogP contribution < -0.4 is 4.90 Å². The van der Waals surface area contributed by atoms with E-state index in [9.17, 15) is 13.9 Å². The van der Waals surface area contributed by atoms with Crippen molar-refractivity contribution in [2.24, 2.45) is 0 Å². The highest BCUT2D eigenvalue weighted by Crippen LogP contribution is 2.36. The number of rotatable bonds is 3. The zero-order valence-corrected chi connectivity index (χ0v) is 15.0. The molecule has 0 spiro atoms. The Kier molecular flexibility index (Phi) is 4.52. The van der Waals surface area contributed by atoms with Gasteiger partial charge in [-0.25, -0.2) is 13.8 Å². The molecule has 1 N–H and O–H groups in total.